The summed E-state index contributed by atoms with van der Waals surface area (Å²) < 4.78 is 2.30. The normalized spacial score (nSPS) is 15.5. The summed E-state index contributed by atoms with van der Waals surface area (Å²) in [4.78, 5) is 16.3. The molecular weight excluding hydrogens is 410 g/mol. The van der Waals surface area contributed by atoms with Gasteiger partial charge in [-0.2, -0.15) is 5.26 Å². The van der Waals surface area contributed by atoms with Gasteiger partial charge in [0, 0.05) is 41.9 Å². The van der Waals surface area contributed by atoms with Gasteiger partial charge in [-0.05, 0) is 61.3 Å². The van der Waals surface area contributed by atoms with Gasteiger partial charge in [-0.15, -0.1) is 0 Å². The van der Waals surface area contributed by atoms with Crippen LogP contribution in [0.15, 0.2) is 67.0 Å². The Morgan fingerprint density at radius 1 is 1.15 bits per heavy atom. The zero-order chi connectivity index (χ0) is 22.8. The Bertz CT molecular complexity index is 1340. The van der Waals surface area contributed by atoms with Crippen LogP contribution in [0.2, 0.25) is 0 Å². The molecule has 2 N–H and O–H groups in total. The fourth-order valence-electron chi connectivity index (χ4n) is 4.60. The zero-order valence-electron chi connectivity index (χ0n) is 18.5. The molecule has 6 nitrogen and oxygen atoms in total. The smallest absolute Gasteiger partial charge is 0.221 e. The van der Waals surface area contributed by atoms with Crippen LogP contribution in [-0.4, -0.2) is 28.5 Å². The van der Waals surface area contributed by atoms with E-state index in [0.717, 1.165) is 58.6 Å². The van der Waals surface area contributed by atoms with Crippen molar-refractivity contribution in [3.05, 3.63) is 72.6 Å². The molecule has 1 aliphatic rings. The van der Waals surface area contributed by atoms with Crippen molar-refractivity contribution in [2.75, 3.05) is 18.4 Å². The van der Waals surface area contributed by atoms with Gasteiger partial charge in [-0.3, -0.25) is 9.78 Å². The van der Waals surface area contributed by atoms with Crippen LogP contribution in [0.1, 0.15) is 18.9 Å². The quantitative estimate of drug-likeness (QED) is 0.471. The number of fused-ring (bicyclic) bond motifs is 1. The van der Waals surface area contributed by atoms with Gasteiger partial charge in [0.1, 0.15) is 0 Å². The second kappa shape index (κ2) is 8.89. The number of anilines is 1. The summed E-state index contributed by atoms with van der Waals surface area (Å²) in [6.07, 6.45) is 5.30. The number of nitrogens with one attached hydrogen (secondary N) is 2. The van der Waals surface area contributed by atoms with Crippen LogP contribution >= 0.6 is 0 Å². The molecule has 0 aliphatic carbocycles. The largest absolute Gasteiger partial charge is 0.346 e. The number of amides is 1. The van der Waals surface area contributed by atoms with Crippen LogP contribution < -0.4 is 10.6 Å². The second-order valence-electron chi connectivity index (χ2n) is 8.56. The summed E-state index contributed by atoms with van der Waals surface area (Å²) in [5.41, 5.74) is 6.41. The van der Waals surface area contributed by atoms with Crippen LogP contribution in [0.3, 0.4) is 0 Å². The highest BCUT2D eigenvalue weighted by Gasteiger charge is 2.19. The number of aromatic nitrogens is 2. The van der Waals surface area contributed by atoms with Gasteiger partial charge < -0.3 is 15.2 Å². The van der Waals surface area contributed by atoms with Crippen molar-refractivity contribution in [1.29, 1.82) is 5.26 Å². The van der Waals surface area contributed by atoms with Crippen LogP contribution in [0.25, 0.3) is 33.3 Å². The number of pyridine rings is 1. The van der Waals surface area contributed by atoms with Crippen molar-refractivity contribution < 1.29 is 4.79 Å². The second-order valence-corrected chi connectivity index (χ2v) is 8.56. The Hall–Kier alpha value is -3.95. The fourth-order valence-corrected chi connectivity index (χ4v) is 4.60. The lowest BCUT2D eigenvalue weighted by Gasteiger charge is -2.14. The molecular formula is C27H25N5O. The molecule has 1 aliphatic heterocycles. The SMILES string of the molecule is CC(=O)Nc1ccc(-c2ncc3c(ccn3C[C@@H]3CCNC3)c2-c2ccc(C#N)cc2)cc1. The van der Waals surface area contributed by atoms with E-state index in [2.05, 4.69) is 33.5 Å². The molecule has 0 unspecified atom stereocenters. The molecule has 3 heterocycles. The van der Waals surface area contributed by atoms with Gasteiger partial charge in [-0.25, -0.2) is 0 Å². The minimum absolute atomic E-state index is 0.0978. The van der Waals surface area contributed by atoms with Gasteiger partial charge >= 0.3 is 0 Å². The predicted molar refractivity (Wildman–Crippen MR) is 131 cm³/mol. The van der Waals surface area contributed by atoms with Crippen LogP contribution in [-0.2, 0) is 11.3 Å². The lowest BCUT2D eigenvalue weighted by atomic mass is 9.95. The summed E-state index contributed by atoms with van der Waals surface area (Å²) in [5, 5.41) is 16.6. The van der Waals surface area contributed by atoms with E-state index in [-0.39, 0.29) is 5.91 Å². The van der Waals surface area contributed by atoms with E-state index in [1.807, 2.05) is 54.7 Å². The first kappa shape index (κ1) is 20.9. The minimum atomic E-state index is -0.0978. The maximum absolute atomic E-state index is 11.4. The molecule has 1 fully saturated rings. The third kappa shape index (κ3) is 4.23. The van der Waals surface area contributed by atoms with E-state index in [4.69, 9.17) is 4.98 Å². The zero-order valence-corrected chi connectivity index (χ0v) is 18.5. The number of benzene rings is 2. The van der Waals surface area contributed by atoms with E-state index in [9.17, 15) is 10.1 Å². The molecule has 2 aromatic carbocycles. The van der Waals surface area contributed by atoms with Gasteiger partial charge in [0.05, 0.1) is 29.0 Å². The van der Waals surface area contributed by atoms with Gasteiger partial charge in [-0.1, -0.05) is 24.3 Å². The Kier molecular flexibility index (Phi) is 5.64. The summed E-state index contributed by atoms with van der Waals surface area (Å²) >= 11 is 0. The van der Waals surface area contributed by atoms with Crippen molar-refractivity contribution in [2.45, 2.75) is 19.9 Å². The van der Waals surface area contributed by atoms with Crippen LogP contribution in [0.5, 0.6) is 0 Å². The molecule has 5 rings (SSSR count). The molecule has 2 aromatic heterocycles. The Morgan fingerprint density at radius 2 is 1.91 bits per heavy atom. The molecule has 4 aromatic rings. The number of nitriles is 1. The standard InChI is InChI=1S/C27H25N5O/c1-18(33)31-23-8-6-22(7-9-23)27-26(21-4-2-19(14-28)3-5-21)24-11-13-32(25(24)16-30-27)17-20-10-12-29-15-20/h2-9,11,13,16,20,29H,10,12,15,17H2,1H3,(H,31,33)/t20-/m1/s1. The first-order valence-electron chi connectivity index (χ1n) is 11.2. The monoisotopic (exact) mass is 435 g/mol. The Labute approximate surface area is 192 Å². The lowest BCUT2D eigenvalue weighted by Crippen LogP contribution is -2.14. The minimum Gasteiger partial charge on any atom is -0.346 e. The number of nitrogens with zero attached hydrogens (tertiary/aromatic N) is 3. The number of hydrogen-bond donors (Lipinski definition) is 2. The summed E-state index contributed by atoms with van der Waals surface area (Å²) in [6, 6.07) is 19.8. The third-order valence-electron chi connectivity index (χ3n) is 6.23. The average Bonchev–Trinajstić information content (AvgIpc) is 3.49. The van der Waals surface area contributed by atoms with Gasteiger partial charge in [0.25, 0.3) is 0 Å². The molecule has 0 spiro atoms. The van der Waals surface area contributed by atoms with E-state index >= 15 is 0 Å². The van der Waals surface area contributed by atoms with Crippen LogP contribution in [0.4, 0.5) is 5.69 Å². The Balaban J connectivity index is 1.63. The maximum Gasteiger partial charge on any atom is 0.221 e. The topological polar surface area (TPSA) is 82.7 Å². The number of carbonyl (C=O) groups excluding carboxylic acids is 1. The lowest BCUT2D eigenvalue weighted by molar-refractivity contribution is -0.114. The van der Waals surface area contributed by atoms with Gasteiger partial charge in [0.15, 0.2) is 0 Å². The highest BCUT2D eigenvalue weighted by Crippen LogP contribution is 2.37. The van der Waals surface area contributed by atoms with E-state index in [0.29, 0.717) is 11.5 Å². The van der Waals surface area contributed by atoms with E-state index in [1.54, 1.807) is 0 Å². The van der Waals surface area contributed by atoms with Crippen molar-refractivity contribution in [3.8, 4) is 28.5 Å². The van der Waals surface area contributed by atoms with Gasteiger partial charge in [0.2, 0.25) is 5.91 Å². The van der Waals surface area contributed by atoms with Crippen molar-refractivity contribution >= 4 is 22.5 Å². The number of hydrogen-bond acceptors (Lipinski definition) is 4. The summed E-state index contributed by atoms with van der Waals surface area (Å²) in [7, 11) is 0. The van der Waals surface area contributed by atoms with E-state index < -0.39 is 0 Å². The number of rotatable bonds is 5. The van der Waals surface area contributed by atoms with Crippen molar-refractivity contribution in [2.24, 2.45) is 5.92 Å². The molecule has 0 saturated carbocycles. The molecule has 0 radical (unpaired) electrons. The van der Waals surface area contributed by atoms with Crippen molar-refractivity contribution in [1.82, 2.24) is 14.9 Å². The first-order chi connectivity index (χ1) is 16.1. The fraction of sp³-hybridized carbons (Fsp3) is 0.222. The average molecular weight is 436 g/mol. The van der Waals surface area contributed by atoms with Crippen LogP contribution in [0, 0.1) is 17.2 Å². The molecule has 33 heavy (non-hydrogen) atoms. The van der Waals surface area contributed by atoms with E-state index in [1.165, 1.54) is 13.3 Å². The maximum atomic E-state index is 11.4. The third-order valence-corrected chi connectivity index (χ3v) is 6.23. The molecule has 1 saturated heterocycles. The van der Waals surface area contributed by atoms with Crippen molar-refractivity contribution in [3.63, 3.8) is 0 Å². The Morgan fingerprint density at radius 3 is 2.58 bits per heavy atom. The highest BCUT2D eigenvalue weighted by molar-refractivity contribution is 6.01. The molecule has 1 atom stereocenters. The number of carbonyl (C=O) groups is 1. The molecule has 6 heteroatoms. The molecule has 1 amide bonds. The first-order valence-corrected chi connectivity index (χ1v) is 11.2. The molecule has 0 bridgehead atoms. The summed E-state index contributed by atoms with van der Waals surface area (Å²) in [6.45, 7) is 4.60. The highest BCUT2D eigenvalue weighted by atomic mass is 16.1. The molecule has 164 valence electrons. The predicted octanol–water partition coefficient (Wildman–Crippen LogP) is 4.81. The summed E-state index contributed by atoms with van der Waals surface area (Å²) in [5.74, 6) is 0.527.